The number of rotatable bonds is 4. The van der Waals surface area contributed by atoms with Crippen molar-refractivity contribution in [1.82, 2.24) is 0 Å². The first kappa shape index (κ1) is 24.6. The fraction of sp³-hybridized carbons (Fsp3) is 0.391. The molecule has 2 aromatic rings. The van der Waals surface area contributed by atoms with E-state index in [1.165, 1.54) is 11.8 Å². The molecule has 1 heterocycles. The van der Waals surface area contributed by atoms with E-state index in [0.717, 1.165) is 5.56 Å². The molecular weight excluding hydrogens is 450 g/mol. The summed E-state index contributed by atoms with van der Waals surface area (Å²) >= 11 is 0. The third-order valence-electron chi connectivity index (χ3n) is 6.00. The summed E-state index contributed by atoms with van der Waals surface area (Å²) < 4.78 is 79.0. The van der Waals surface area contributed by atoms with Crippen LogP contribution in [0, 0.1) is 18.3 Å². The molecule has 0 aromatic heterocycles. The number of hydrogen-bond acceptors (Lipinski definition) is 2. The summed E-state index contributed by atoms with van der Waals surface area (Å²) in [6.45, 7) is 4.92. The zero-order chi connectivity index (χ0) is 24.8. The Hall–Kier alpha value is -3.04. The molecule has 1 aliphatic heterocycles. The van der Waals surface area contributed by atoms with Crippen LogP contribution in [0.3, 0.4) is 0 Å². The number of nitrogens with zero attached hydrogens (tertiary/aromatic N) is 1. The minimum atomic E-state index is -5.04. The molecule has 0 bridgehead atoms. The monoisotopic (exact) mass is 472 g/mol. The minimum absolute atomic E-state index is 0.00870. The predicted octanol–water partition coefficient (Wildman–Crippen LogP) is 6.05. The van der Waals surface area contributed by atoms with Gasteiger partial charge in [-0.05, 0) is 50.1 Å². The first-order valence-electron chi connectivity index (χ1n) is 10.2. The van der Waals surface area contributed by atoms with E-state index in [1.54, 1.807) is 38.1 Å². The number of para-hydroxylation sites is 1. The molecule has 4 nitrogen and oxygen atoms in total. The van der Waals surface area contributed by atoms with E-state index in [2.05, 4.69) is 5.32 Å². The number of nitrogens with one attached hydrogen (secondary N) is 1. The largest absolute Gasteiger partial charge is 0.416 e. The Labute approximate surface area is 186 Å². The molecule has 0 aliphatic carbocycles. The van der Waals surface area contributed by atoms with E-state index in [4.69, 9.17) is 0 Å². The Bertz CT molecular complexity index is 1050. The van der Waals surface area contributed by atoms with Crippen molar-refractivity contribution in [2.75, 3.05) is 16.8 Å². The lowest BCUT2D eigenvalue weighted by Crippen LogP contribution is -2.40. The Morgan fingerprint density at radius 1 is 1.06 bits per heavy atom. The Kier molecular flexibility index (Phi) is 6.25. The first-order chi connectivity index (χ1) is 15.2. The summed E-state index contributed by atoms with van der Waals surface area (Å²) in [5.74, 6) is -1.96. The molecule has 0 radical (unpaired) electrons. The van der Waals surface area contributed by atoms with E-state index < -0.39 is 46.4 Å². The maximum Gasteiger partial charge on any atom is 0.416 e. The Morgan fingerprint density at radius 2 is 1.61 bits per heavy atom. The van der Waals surface area contributed by atoms with Gasteiger partial charge in [-0.15, -0.1) is 0 Å². The summed E-state index contributed by atoms with van der Waals surface area (Å²) in [7, 11) is 0. The second kappa shape index (κ2) is 8.39. The van der Waals surface area contributed by atoms with Gasteiger partial charge < -0.3 is 10.2 Å². The highest BCUT2D eigenvalue weighted by atomic mass is 19.4. The molecule has 2 amide bonds. The van der Waals surface area contributed by atoms with E-state index in [9.17, 15) is 35.9 Å². The van der Waals surface area contributed by atoms with E-state index >= 15 is 0 Å². The van der Waals surface area contributed by atoms with Crippen LogP contribution >= 0.6 is 0 Å². The molecule has 2 atom stereocenters. The molecule has 178 valence electrons. The maximum absolute atomic E-state index is 13.2. The quantitative estimate of drug-likeness (QED) is 0.551. The number of carbonyl (C=O) groups is 2. The molecule has 2 aromatic carbocycles. The standard InChI is InChI=1S/C23H22F6N2O2/c1-4-17-19(32)31(18-8-6-5-7-13(18)2)12-21(17,3)20(33)30-16-10-14(22(24,25)26)9-15(11-16)23(27,28)29/h5-11,17H,4,12H2,1-3H3,(H,30,33). The lowest BCUT2D eigenvalue weighted by Gasteiger charge is -2.27. The lowest BCUT2D eigenvalue weighted by atomic mass is 9.77. The van der Waals surface area contributed by atoms with Gasteiger partial charge in [-0.3, -0.25) is 9.59 Å². The molecule has 1 fully saturated rings. The van der Waals surface area contributed by atoms with Gasteiger partial charge in [0.1, 0.15) is 0 Å². The molecule has 33 heavy (non-hydrogen) atoms. The number of alkyl halides is 6. The number of amides is 2. The molecule has 3 rings (SSSR count). The smallest absolute Gasteiger partial charge is 0.326 e. The van der Waals surface area contributed by atoms with E-state index in [0.29, 0.717) is 17.8 Å². The molecule has 1 N–H and O–H groups in total. The first-order valence-corrected chi connectivity index (χ1v) is 10.2. The highest BCUT2D eigenvalue weighted by Crippen LogP contribution is 2.43. The van der Waals surface area contributed by atoms with Crippen molar-refractivity contribution < 1.29 is 35.9 Å². The van der Waals surface area contributed by atoms with Crippen LogP contribution in [0.1, 0.15) is 37.0 Å². The van der Waals surface area contributed by atoms with Crippen molar-refractivity contribution in [2.45, 2.75) is 39.5 Å². The van der Waals surface area contributed by atoms with Crippen LogP contribution in [0.15, 0.2) is 42.5 Å². The van der Waals surface area contributed by atoms with E-state index in [-0.39, 0.29) is 24.9 Å². The summed E-state index contributed by atoms with van der Waals surface area (Å²) in [6.07, 6.45) is -9.81. The summed E-state index contributed by atoms with van der Waals surface area (Å²) in [5, 5.41) is 2.20. The zero-order valence-corrected chi connectivity index (χ0v) is 18.1. The highest BCUT2D eigenvalue weighted by Gasteiger charge is 2.53. The number of halogens is 6. The topological polar surface area (TPSA) is 49.4 Å². The number of anilines is 2. The van der Waals surface area contributed by atoms with Gasteiger partial charge in [0.25, 0.3) is 0 Å². The van der Waals surface area contributed by atoms with Crippen LogP contribution in [0.2, 0.25) is 0 Å². The van der Waals surface area contributed by atoms with Gasteiger partial charge in [0.15, 0.2) is 0 Å². The highest BCUT2D eigenvalue weighted by molar-refractivity contribution is 6.07. The SMILES string of the molecule is CCC1C(=O)N(c2ccccc2C)CC1(C)C(=O)Nc1cc(C(F)(F)F)cc(C(F)(F)F)c1. The van der Waals surface area contributed by atoms with Crippen LogP contribution in [-0.2, 0) is 21.9 Å². The number of hydrogen-bond donors (Lipinski definition) is 1. The number of carbonyl (C=O) groups excluding carboxylic acids is 2. The predicted molar refractivity (Wildman–Crippen MR) is 110 cm³/mol. The average molecular weight is 472 g/mol. The normalized spacial score (nSPS) is 21.4. The summed E-state index contributed by atoms with van der Waals surface area (Å²) in [6, 6.07) is 7.92. The molecule has 1 saturated heterocycles. The van der Waals surface area contributed by atoms with E-state index in [1.807, 2.05) is 0 Å². The zero-order valence-electron chi connectivity index (χ0n) is 18.1. The average Bonchev–Trinajstić information content (AvgIpc) is 2.97. The van der Waals surface area contributed by atoms with Crippen LogP contribution < -0.4 is 10.2 Å². The molecular formula is C23H22F6N2O2. The van der Waals surface area contributed by atoms with Crippen molar-refractivity contribution in [3.05, 3.63) is 59.2 Å². The van der Waals surface area contributed by atoms with Gasteiger partial charge in [-0.2, -0.15) is 26.3 Å². The van der Waals surface area contributed by atoms with Gasteiger partial charge in [0.05, 0.1) is 22.5 Å². The van der Waals surface area contributed by atoms with Crippen LogP contribution in [0.5, 0.6) is 0 Å². The minimum Gasteiger partial charge on any atom is -0.326 e. The van der Waals surface area contributed by atoms with Crippen molar-refractivity contribution in [1.29, 1.82) is 0 Å². The van der Waals surface area contributed by atoms with Crippen molar-refractivity contribution >= 4 is 23.2 Å². The van der Waals surface area contributed by atoms with Gasteiger partial charge in [0, 0.05) is 17.9 Å². The van der Waals surface area contributed by atoms with Gasteiger partial charge in [-0.25, -0.2) is 0 Å². The molecule has 2 unspecified atom stereocenters. The summed E-state index contributed by atoms with van der Waals surface area (Å²) in [4.78, 5) is 27.7. The van der Waals surface area contributed by atoms with Gasteiger partial charge in [-0.1, -0.05) is 25.1 Å². The van der Waals surface area contributed by atoms with Crippen LogP contribution in [0.4, 0.5) is 37.7 Å². The number of benzene rings is 2. The molecule has 10 heteroatoms. The van der Waals surface area contributed by atoms with Crippen LogP contribution in [-0.4, -0.2) is 18.4 Å². The fourth-order valence-electron chi connectivity index (χ4n) is 4.20. The van der Waals surface area contributed by atoms with Crippen molar-refractivity contribution in [2.24, 2.45) is 11.3 Å². The van der Waals surface area contributed by atoms with Crippen LogP contribution in [0.25, 0.3) is 0 Å². The van der Waals surface area contributed by atoms with Crippen molar-refractivity contribution in [3.8, 4) is 0 Å². The summed E-state index contributed by atoms with van der Waals surface area (Å²) in [5.41, 5.74) is -3.70. The molecule has 1 aliphatic rings. The maximum atomic E-state index is 13.2. The third-order valence-corrected chi connectivity index (χ3v) is 6.00. The van der Waals surface area contributed by atoms with Gasteiger partial charge in [0.2, 0.25) is 11.8 Å². The molecule has 0 spiro atoms. The van der Waals surface area contributed by atoms with Crippen molar-refractivity contribution in [3.63, 3.8) is 0 Å². The fourth-order valence-corrected chi connectivity index (χ4v) is 4.20. The lowest BCUT2D eigenvalue weighted by molar-refractivity contribution is -0.143. The second-order valence-electron chi connectivity index (χ2n) is 8.34. The third kappa shape index (κ3) is 4.69. The Morgan fingerprint density at radius 3 is 2.09 bits per heavy atom. The second-order valence-corrected chi connectivity index (χ2v) is 8.34. The number of aryl methyl sites for hydroxylation is 1. The molecule has 0 saturated carbocycles. The van der Waals surface area contributed by atoms with Gasteiger partial charge >= 0.3 is 12.4 Å². The Balaban J connectivity index is 1.98.